The van der Waals surface area contributed by atoms with Crippen molar-refractivity contribution in [3.05, 3.63) is 53.8 Å². The number of allylic oxidation sites excluding steroid dienone is 2. The average molecular weight is 360 g/mol. The van der Waals surface area contributed by atoms with Gasteiger partial charge in [0.2, 0.25) is 0 Å². The SMILES string of the molecule is CC[C@H](C)c1ccc(OC(=O)C2=CC=CN3CCS(=O)(=O)N=C23)cc1. The fourth-order valence-corrected chi connectivity index (χ4v) is 3.62. The van der Waals surface area contributed by atoms with Gasteiger partial charge in [-0.1, -0.05) is 26.0 Å². The predicted molar refractivity (Wildman–Crippen MR) is 95.9 cm³/mol. The summed E-state index contributed by atoms with van der Waals surface area (Å²) in [6.07, 6.45) is 5.93. The fraction of sp³-hybridized carbons (Fsp3) is 0.333. The smallest absolute Gasteiger partial charge is 0.347 e. The quantitative estimate of drug-likeness (QED) is 0.609. The lowest BCUT2D eigenvalue weighted by atomic mass is 9.99. The summed E-state index contributed by atoms with van der Waals surface area (Å²) in [6.45, 7) is 4.52. The van der Waals surface area contributed by atoms with Crippen molar-refractivity contribution in [2.75, 3.05) is 12.3 Å². The molecule has 6 nitrogen and oxygen atoms in total. The van der Waals surface area contributed by atoms with Crippen molar-refractivity contribution in [3.63, 3.8) is 0 Å². The summed E-state index contributed by atoms with van der Waals surface area (Å²) in [4.78, 5) is 14.1. The number of hydrogen-bond acceptors (Lipinski definition) is 5. The number of carbonyl (C=O) groups excluding carboxylic acids is 1. The average Bonchev–Trinajstić information content (AvgIpc) is 2.60. The molecule has 25 heavy (non-hydrogen) atoms. The Bertz CT molecular complexity index is 867. The number of carbonyl (C=O) groups is 1. The summed E-state index contributed by atoms with van der Waals surface area (Å²) < 4.78 is 32.6. The first-order valence-electron chi connectivity index (χ1n) is 8.20. The van der Waals surface area contributed by atoms with Crippen LogP contribution in [-0.2, 0) is 14.8 Å². The molecule has 2 heterocycles. The predicted octanol–water partition coefficient (Wildman–Crippen LogP) is 2.60. The summed E-state index contributed by atoms with van der Waals surface area (Å²) in [5.41, 5.74) is 1.31. The van der Waals surface area contributed by atoms with E-state index in [0.29, 0.717) is 11.7 Å². The third-order valence-electron chi connectivity index (χ3n) is 4.35. The largest absolute Gasteiger partial charge is 0.423 e. The van der Waals surface area contributed by atoms with Crippen LogP contribution in [0, 0.1) is 0 Å². The molecule has 132 valence electrons. The van der Waals surface area contributed by atoms with E-state index in [1.165, 1.54) is 11.6 Å². The second kappa shape index (κ2) is 6.84. The lowest BCUT2D eigenvalue weighted by Gasteiger charge is -2.28. The van der Waals surface area contributed by atoms with Crippen LogP contribution in [0.15, 0.2) is 52.6 Å². The maximum atomic E-state index is 12.5. The maximum absolute atomic E-state index is 12.5. The molecule has 2 aliphatic heterocycles. The Labute approximate surface area is 147 Å². The zero-order chi connectivity index (χ0) is 18.0. The standard InChI is InChI=1S/C18H20N2O4S/c1-3-13(2)14-6-8-15(9-7-14)24-18(21)16-5-4-10-20-11-12-25(22,23)19-17(16)20/h4-10,13H,3,11-12H2,1-2H3/t13-/m0/s1. The van der Waals surface area contributed by atoms with Crippen molar-refractivity contribution >= 4 is 21.8 Å². The highest BCUT2D eigenvalue weighted by Gasteiger charge is 2.30. The molecule has 0 radical (unpaired) electrons. The van der Waals surface area contributed by atoms with Crippen LogP contribution >= 0.6 is 0 Å². The fourth-order valence-electron chi connectivity index (χ4n) is 2.64. The Hall–Kier alpha value is -2.41. The number of ether oxygens (including phenoxy) is 1. The Morgan fingerprint density at radius 3 is 2.72 bits per heavy atom. The Balaban J connectivity index is 1.80. The summed E-state index contributed by atoms with van der Waals surface area (Å²) >= 11 is 0. The Kier molecular flexibility index (Phi) is 4.76. The van der Waals surface area contributed by atoms with Crippen LogP contribution in [0.1, 0.15) is 31.7 Å². The van der Waals surface area contributed by atoms with Gasteiger partial charge in [0.25, 0.3) is 10.0 Å². The van der Waals surface area contributed by atoms with Gasteiger partial charge in [0.1, 0.15) is 11.3 Å². The maximum Gasteiger partial charge on any atom is 0.347 e. The van der Waals surface area contributed by atoms with Gasteiger partial charge in [-0.2, -0.15) is 0 Å². The molecule has 0 aliphatic carbocycles. The molecule has 1 aromatic carbocycles. The molecular formula is C18H20N2O4S. The number of amidine groups is 1. The monoisotopic (exact) mass is 360 g/mol. The highest BCUT2D eigenvalue weighted by molar-refractivity contribution is 7.90. The van der Waals surface area contributed by atoms with Gasteiger partial charge in [-0.25, -0.2) is 13.2 Å². The van der Waals surface area contributed by atoms with Gasteiger partial charge in [-0.15, -0.1) is 4.40 Å². The molecule has 1 aromatic rings. The molecule has 0 N–H and O–H groups in total. The third-order valence-corrected chi connectivity index (χ3v) is 5.50. The minimum atomic E-state index is -3.55. The molecule has 0 unspecified atom stereocenters. The van der Waals surface area contributed by atoms with Crippen LogP contribution in [0.25, 0.3) is 0 Å². The van der Waals surface area contributed by atoms with Crippen LogP contribution in [0.3, 0.4) is 0 Å². The van der Waals surface area contributed by atoms with E-state index in [1.807, 2.05) is 12.1 Å². The van der Waals surface area contributed by atoms with Crippen LogP contribution in [0.2, 0.25) is 0 Å². The third kappa shape index (κ3) is 3.82. The molecule has 0 bridgehead atoms. The van der Waals surface area contributed by atoms with Crippen LogP contribution in [0.5, 0.6) is 5.75 Å². The molecule has 3 rings (SSSR count). The second-order valence-electron chi connectivity index (χ2n) is 6.08. The first-order valence-corrected chi connectivity index (χ1v) is 9.81. The molecule has 2 aliphatic rings. The number of benzene rings is 1. The second-order valence-corrected chi connectivity index (χ2v) is 7.84. The number of rotatable bonds is 4. The molecule has 1 atom stereocenters. The zero-order valence-corrected chi connectivity index (χ0v) is 15.0. The molecule has 0 amide bonds. The van der Waals surface area contributed by atoms with Crippen molar-refractivity contribution in [1.29, 1.82) is 0 Å². The van der Waals surface area contributed by atoms with E-state index in [2.05, 4.69) is 18.2 Å². The Morgan fingerprint density at radius 2 is 2.04 bits per heavy atom. The summed E-state index contributed by atoms with van der Waals surface area (Å²) in [7, 11) is -3.55. The van der Waals surface area contributed by atoms with Crippen molar-refractivity contribution in [1.82, 2.24) is 4.90 Å². The van der Waals surface area contributed by atoms with Crippen molar-refractivity contribution < 1.29 is 17.9 Å². The molecule has 0 aromatic heterocycles. The number of fused-ring (bicyclic) bond motifs is 1. The van der Waals surface area contributed by atoms with E-state index in [1.54, 1.807) is 29.3 Å². The molecule has 0 saturated heterocycles. The van der Waals surface area contributed by atoms with Crippen LogP contribution < -0.4 is 4.74 Å². The lowest BCUT2D eigenvalue weighted by molar-refractivity contribution is -0.129. The van der Waals surface area contributed by atoms with Gasteiger partial charge in [0, 0.05) is 12.7 Å². The molecule has 0 spiro atoms. The van der Waals surface area contributed by atoms with E-state index >= 15 is 0 Å². The van der Waals surface area contributed by atoms with Gasteiger partial charge >= 0.3 is 5.97 Å². The van der Waals surface area contributed by atoms with Gasteiger partial charge in [0.15, 0.2) is 5.84 Å². The topological polar surface area (TPSA) is 76.0 Å². The Morgan fingerprint density at radius 1 is 1.32 bits per heavy atom. The summed E-state index contributed by atoms with van der Waals surface area (Å²) in [5, 5.41) is 0. The van der Waals surface area contributed by atoms with Gasteiger partial charge in [-0.05, 0) is 42.2 Å². The molecule has 0 fully saturated rings. The minimum Gasteiger partial charge on any atom is -0.423 e. The number of nitrogens with zero attached hydrogens (tertiary/aromatic N) is 2. The number of esters is 1. The van der Waals surface area contributed by atoms with E-state index in [-0.39, 0.29) is 23.7 Å². The minimum absolute atomic E-state index is 0.0692. The first kappa shape index (κ1) is 17.4. The van der Waals surface area contributed by atoms with Gasteiger partial charge in [-0.3, -0.25) is 0 Å². The van der Waals surface area contributed by atoms with E-state index in [0.717, 1.165) is 6.42 Å². The van der Waals surface area contributed by atoms with Crippen molar-refractivity contribution in [2.24, 2.45) is 4.40 Å². The number of hydrogen-bond donors (Lipinski definition) is 0. The van der Waals surface area contributed by atoms with E-state index in [4.69, 9.17) is 4.74 Å². The molecule has 0 saturated carbocycles. The highest BCUT2D eigenvalue weighted by atomic mass is 32.2. The van der Waals surface area contributed by atoms with E-state index < -0.39 is 16.0 Å². The first-order chi connectivity index (χ1) is 11.9. The summed E-state index contributed by atoms with van der Waals surface area (Å²) in [5.74, 6) is 0.279. The number of sulfonamides is 1. The molecular weight excluding hydrogens is 340 g/mol. The zero-order valence-electron chi connectivity index (χ0n) is 14.2. The van der Waals surface area contributed by atoms with Crippen molar-refractivity contribution in [3.8, 4) is 5.75 Å². The van der Waals surface area contributed by atoms with Gasteiger partial charge in [0.05, 0.1) is 5.75 Å². The van der Waals surface area contributed by atoms with Crippen molar-refractivity contribution in [2.45, 2.75) is 26.2 Å². The molecule has 7 heteroatoms. The van der Waals surface area contributed by atoms with E-state index in [9.17, 15) is 13.2 Å². The van der Waals surface area contributed by atoms with Crippen LogP contribution in [-0.4, -0.2) is 37.4 Å². The highest BCUT2D eigenvalue weighted by Crippen LogP contribution is 2.23. The summed E-state index contributed by atoms with van der Waals surface area (Å²) in [6, 6.07) is 7.35. The lowest BCUT2D eigenvalue weighted by Crippen LogP contribution is -2.40. The van der Waals surface area contributed by atoms with Gasteiger partial charge < -0.3 is 9.64 Å². The normalized spacial score (nSPS) is 19.5. The van der Waals surface area contributed by atoms with Crippen LogP contribution in [0.4, 0.5) is 0 Å².